The molecule has 1 aliphatic heterocycles. The van der Waals surface area contributed by atoms with Gasteiger partial charge in [0.15, 0.2) is 0 Å². The Kier molecular flexibility index (Phi) is 6.35. The van der Waals surface area contributed by atoms with Crippen LogP contribution in [0.2, 0.25) is 0 Å². The molecule has 3 unspecified atom stereocenters. The summed E-state index contributed by atoms with van der Waals surface area (Å²) in [4.78, 5) is 2.83. The van der Waals surface area contributed by atoms with E-state index in [0.29, 0.717) is 5.54 Å². The molecule has 1 heterocycles. The van der Waals surface area contributed by atoms with Crippen molar-refractivity contribution in [2.24, 2.45) is 11.7 Å². The Bertz CT molecular complexity index is 279. The smallest absolute Gasteiger partial charge is 0.0334 e. The van der Waals surface area contributed by atoms with Crippen LogP contribution in [0.1, 0.15) is 84.5 Å². The quantitative estimate of drug-likeness (QED) is 0.777. The zero-order valence-corrected chi connectivity index (χ0v) is 13.9. The molecule has 0 aromatic rings. The van der Waals surface area contributed by atoms with Gasteiger partial charge in [-0.3, -0.25) is 4.90 Å². The second-order valence-electron chi connectivity index (χ2n) is 7.41. The molecule has 2 nitrogen and oxygen atoms in total. The topological polar surface area (TPSA) is 29.3 Å². The summed E-state index contributed by atoms with van der Waals surface area (Å²) in [7, 11) is 0. The molecule has 20 heavy (non-hydrogen) atoms. The van der Waals surface area contributed by atoms with Gasteiger partial charge in [-0.05, 0) is 51.5 Å². The van der Waals surface area contributed by atoms with Gasteiger partial charge in [-0.2, -0.15) is 0 Å². The lowest BCUT2D eigenvalue weighted by Gasteiger charge is -2.46. The van der Waals surface area contributed by atoms with Crippen LogP contribution in [0, 0.1) is 5.92 Å². The highest BCUT2D eigenvalue weighted by atomic mass is 15.2. The number of hydrogen-bond donors (Lipinski definition) is 1. The molecule has 0 amide bonds. The standard InChI is InChI=1S/C18H36N2/c1-3-8-17-10-7-12-18(15-19,13-11-17)20-14-6-4-5-9-16(20)2/h16-17H,3-15,19H2,1-2H3. The second-order valence-corrected chi connectivity index (χ2v) is 7.41. The molecule has 2 N–H and O–H groups in total. The van der Waals surface area contributed by atoms with E-state index in [-0.39, 0.29) is 0 Å². The van der Waals surface area contributed by atoms with E-state index >= 15 is 0 Å². The summed E-state index contributed by atoms with van der Waals surface area (Å²) in [6.45, 7) is 6.93. The number of nitrogens with two attached hydrogens (primary N) is 1. The highest BCUT2D eigenvalue weighted by molar-refractivity contribution is 4.96. The van der Waals surface area contributed by atoms with E-state index in [4.69, 9.17) is 5.73 Å². The number of hydrogen-bond acceptors (Lipinski definition) is 2. The van der Waals surface area contributed by atoms with Gasteiger partial charge in [0, 0.05) is 18.1 Å². The normalized spacial score (nSPS) is 37.4. The van der Waals surface area contributed by atoms with Crippen molar-refractivity contribution in [2.45, 2.75) is 96.1 Å². The molecule has 2 aliphatic rings. The van der Waals surface area contributed by atoms with E-state index in [9.17, 15) is 0 Å². The van der Waals surface area contributed by atoms with Crippen molar-refractivity contribution in [3.63, 3.8) is 0 Å². The Hall–Kier alpha value is -0.0800. The lowest BCUT2D eigenvalue weighted by atomic mass is 9.85. The maximum absolute atomic E-state index is 6.33. The SMILES string of the molecule is CCCC1CCCC(CN)(N2CCCCCC2C)CC1. The van der Waals surface area contributed by atoms with Crippen LogP contribution in [0.4, 0.5) is 0 Å². The van der Waals surface area contributed by atoms with Gasteiger partial charge in [-0.1, -0.05) is 45.4 Å². The minimum atomic E-state index is 0.326. The van der Waals surface area contributed by atoms with Crippen LogP contribution in [-0.2, 0) is 0 Å². The van der Waals surface area contributed by atoms with E-state index < -0.39 is 0 Å². The summed E-state index contributed by atoms with van der Waals surface area (Å²) in [5.41, 5.74) is 6.66. The molecule has 2 rings (SSSR count). The largest absolute Gasteiger partial charge is 0.329 e. The Labute approximate surface area is 126 Å². The predicted molar refractivity (Wildman–Crippen MR) is 87.9 cm³/mol. The minimum Gasteiger partial charge on any atom is -0.329 e. The van der Waals surface area contributed by atoms with Crippen LogP contribution in [-0.4, -0.2) is 29.6 Å². The van der Waals surface area contributed by atoms with E-state index in [2.05, 4.69) is 18.7 Å². The van der Waals surface area contributed by atoms with Crippen molar-refractivity contribution in [1.29, 1.82) is 0 Å². The van der Waals surface area contributed by atoms with Crippen molar-refractivity contribution < 1.29 is 0 Å². The van der Waals surface area contributed by atoms with E-state index in [1.807, 2.05) is 0 Å². The zero-order valence-electron chi connectivity index (χ0n) is 13.9. The predicted octanol–water partition coefficient (Wildman–Crippen LogP) is 4.33. The molecule has 1 saturated heterocycles. The fourth-order valence-electron chi connectivity index (χ4n) is 4.75. The number of rotatable bonds is 4. The lowest BCUT2D eigenvalue weighted by Crippen LogP contribution is -2.56. The molecular weight excluding hydrogens is 244 g/mol. The van der Waals surface area contributed by atoms with Crippen LogP contribution in [0.3, 0.4) is 0 Å². The monoisotopic (exact) mass is 280 g/mol. The van der Waals surface area contributed by atoms with Gasteiger partial charge < -0.3 is 5.73 Å². The maximum Gasteiger partial charge on any atom is 0.0334 e. The summed E-state index contributed by atoms with van der Waals surface area (Å²) >= 11 is 0. The Morgan fingerprint density at radius 2 is 1.90 bits per heavy atom. The van der Waals surface area contributed by atoms with Crippen molar-refractivity contribution >= 4 is 0 Å². The Balaban J connectivity index is 2.07. The Morgan fingerprint density at radius 3 is 2.65 bits per heavy atom. The molecule has 2 heteroatoms. The first-order chi connectivity index (χ1) is 9.72. The van der Waals surface area contributed by atoms with Crippen LogP contribution in [0.25, 0.3) is 0 Å². The third kappa shape index (κ3) is 3.76. The molecule has 118 valence electrons. The van der Waals surface area contributed by atoms with Gasteiger partial charge in [0.25, 0.3) is 0 Å². The summed E-state index contributed by atoms with van der Waals surface area (Å²) in [5.74, 6) is 0.968. The van der Waals surface area contributed by atoms with Gasteiger partial charge >= 0.3 is 0 Å². The molecule has 0 aromatic heterocycles. The van der Waals surface area contributed by atoms with Crippen LogP contribution in [0.15, 0.2) is 0 Å². The van der Waals surface area contributed by atoms with Gasteiger partial charge in [-0.25, -0.2) is 0 Å². The molecule has 1 aliphatic carbocycles. The zero-order chi connectivity index (χ0) is 14.4. The van der Waals surface area contributed by atoms with Crippen LogP contribution in [0.5, 0.6) is 0 Å². The molecule has 3 atom stereocenters. The average Bonchev–Trinajstić information content (AvgIpc) is 2.79. The molecule has 2 fully saturated rings. The highest BCUT2D eigenvalue weighted by Crippen LogP contribution is 2.38. The first-order valence-electron chi connectivity index (χ1n) is 9.18. The fourth-order valence-corrected chi connectivity index (χ4v) is 4.75. The van der Waals surface area contributed by atoms with Crippen molar-refractivity contribution in [3.8, 4) is 0 Å². The maximum atomic E-state index is 6.33. The number of likely N-dealkylation sites (tertiary alicyclic amines) is 1. The molecule has 0 aromatic carbocycles. The lowest BCUT2D eigenvalue weighted by molar-refractivity contribution is 0.0429. The third-order valence-corrected chi connectivity index (χ3v) is 6.01. The Morgan fingerprint density at radius 1 is 1.05 bits per heavy atom. The molecule has 0 radical (unpaired) electrons. The van der Waals surface area contributed by atoms with Crippen LogP contribution >= 0.6 is 0 Å². The first kappa shape index (κ1) is 16.3. The average molecular weight is 280 g/mol. The molecule has 1 saturated carbocycles. The highest BCUT2D eigenvalue weighted by Gasteiger charge is 2.39. The summed E-state index contributed by atoms with van der Waals surface area (Å²) < 4.78 is 0. The van der Waals surface area contributed by atoms with E-state index in [1.165, 1.54) is 77.2 Å². The van der Waals surface area contributed by atoms with Gasteiger partial charge in [0.05, 0.1) is 0 Å². The van der Waals surface area contributed by atoms with Crippen LogP contribution < -0.4 is 5.73 Å². The summed E-state index contributed by atoms with van der Waals surface area (Å²) in [5, 5.41) is 0. The van der Waals surface area contributed by atoms with E-state index in [0.717, 1.165) is 18.5 Å². The van der Waals surface area contributed by atoms with Gasteiger partial charge in [0.1, 0.15) is 0 Å². The molecule has 0 bridgehead atoms. The second kappa shape index (κ2) is 7.79. The first-order valence-corrected chi connectivity index (χ1v) is 9.18. The summed E-state index contributed by atoms with van der Waals surface area (Å²) in [6.07, 6.45) is 15.3. The van der Waals surface area contributed by atoms with E-state index in [1.54, 1.807) is 0 Å². The van der Waals surface area contributed by atoms with Crippen molar-refractivity contribution in [3.05, 3.63) is 0 Å². The van der Waals surface area contributed by atoms with Crippen molar-refractivity contribution in [2.75, 3.05) is 13.1 Å². The molecule has 0 spiro atoms. The molecular formula is C18H36N2. The third-order valence-electron chi connectivity index (χ3n) is 6.01. The number of nitrogens with zero attached hydrogens (tertiary/aromatic N) is 1. The van der Waals surface area contributed by atoms with Crippen molar-refractivity contribution in [1.82, 2.24) is 4.90 Å². The summed E-state index contributed by atoms with van der Waals surface area (Å²) in [6, 6.07) is 0.740. The fraction of sp³-hybridized carbons (Fsp3) is 1.00. The van der Waals surface area contributed by atoms with Gasteiger partial charge in [0.2, 0.25) is 0 Å². The van der Waals surface area contributed by atoms with Gasteiger partial charge in [-0.15, -0.1) is 0 Å². The minimum absolute atomic E-state index is 0.326.